The third-order valence-corrected chi connectivity index (χ3v) is 4.76. The molecule has 2 aromatic carbocycles. The molecule has 1 N–H and O–H groups in total. The molecule has 0 aliphatic carbocycles. The molecule has 11 heteroatoms. The van der Waals surface area contributed by atoms with E-state index in [2.05, 4.69) is 10.4 Å². The van der Waals surface area contributed by atoms with E-state index in [4.69, 9.17) is 14.2 Å². The predicted octanol–water partition coefficient (Wildman–Crippen LogP) is 2.80. The van der Waals surface area contributed by atoms with Crippen molar-refractivity contribution in [3.8, 4) is 11.5 Å². The first-order chi connectivity index (χ1) is 16.0. The van der Waals surface area contributed by atoms with E-state index in [0.717, 1.165) is 5.56 Å². The fourth-order valence-electron chi connectivity index (χ4n) is 3.18. The minimum Gasteiger partial charge on any atom is -0.489 e. The van der Waals surface area contributed by atoms with Crippen LogP contribution in [0.15, 0.2) is 54.9 Å². The van der Waals surface area contributed by atoms with Gasteiger partial charge in [0, 0.05) is 24.9 Å². The summed E-state index contributed by atoms with van der Waals surface area (Å²) in [7, 11) is 0. The summed E-state index contributed by atoms with van der Waals surface area (Å²) in [5, 5.41) is 17.9. The summed E-state index contributed by atoms with van der Waals surface area (Å²) in [5.41, 5.74) is 0.781. The van der Waals surface area contributed by atoms with E-state index in [9.17, 15) is 19.7 Å². The van der Waals surface area contributed by atoms with Gasteiger partial charge in [-0.15, -0.1) is 0 Å². The van der Waals surface area contributed by atoms with Crippen LogP contribution in [0.3, 0.4) is 0 Å². The highest BCUT2D eigenvalue weighted by Gasteiger charge is 2.23. The molecule has 2 heterocycles. The molecule has 0 bridgehead atoms. The summed E-state index contributed by atoms with van der Waals surface area (Å²) in [5.74, 6) is -0.889. The number of benzene rings is 2. The Balaban J connectivity index is 1.36. The number of amides is 1. The Morgan fingerprint density at radius 2 is 1.88 bits per heavy atom. The Bertz CT molecular complexity index is 1160. The normalized spacial score (nSPS) is 12.5. The van der Waals surface area contributed by atoms with Gasteiger partial charge in [0.1, 0.15) is 5.69 Å². The van der Waals surface area contributed by atoms with Gasteiger partial charge in [0.15, 0.2) is 18.1 Å². The van der Waals surface area contributed by atoms with E-state index in [1.165, 1.54) is 12.1 Å². The zero-order valence-electron chi connectivity index (χ0n) is 17.4. The average molecular weight is 452 g/mol. The van der Waals surface area contributed by atoms with Gasteiger partial charge in [-0.25, -0.2) is 4.79 Å². The quantitative estimate of drug-likeness (QED) is 0.328. The summed E-state index contributed by atoms with van der Waals surface area (Å²) in [4.78, 5) is 35.4. The van der Waals surface area contributed by atoms with Crippen molar-refractivity contribution in [1.29, 1.82) is 0 Å². The molecule has 0 spiro atoms. The van der Waals surface area contributed by atoms with Gasteiger partial charge in [0.2, 0.25) is 0 Å². The molecule has 0 saturated carbocycles. The number of esters is 1. The lowest BCUT2D eigenvalue weighted by molar-refractivity contribution is -0.384. The standard InChI is InChI=1S/C22H20N4O7/c27-21(24-17-11-19-20(12-18(17)26(29)30)32-10-2-9-31-19)14-33-22(28)16-5-3-15(4-6-16)13-25-8-1-7-23-25/h1,3-8,11-12H,2,9-10,13-14H2,(H,24,27). The molecular weight excluding hydrogens is 432 g/mol. The number of carbonyl (C=O) groups is 2. The highest BCUT2D eigenvalue weighted by Crippen LogP contribution is 2.39. The van der Waals surface area contributed by atoms with Crippen molar-refractivity contribution in [2.75, 3.05) is 25.1 Å². The van der Waals surface area contributed by atoms with E-state index >= 15 is 0 Å². The van der Waals surface area contributed by atoms with Gasteiger partial charge >= 0.3 is 5.97 Å². The van der Waals surface area contributed by atoms with Gasteiger partial charge in [0.05, 0.1) is 36.3 Å². The number of fused-ring (bicyclic) bond motifs is 1. The molecular formula is C22H20N4O7. The van der Waals surface area contributed by atoms with E-state index < -0.39 is 23.4 Å². The molecule has 170 valence electrons. The number of hydrogen-bond donors (Lipinski definition) is 1. The van der Waals surface area contributed by atoms with Crippen LogP contribution in [0.5, 0.6) is 11.5 Å². The van der Waals surface area contributed by atoms with Crippen LogP contribution in [0.4, 0.5) is 11.4 Å². The maximum Gasteiger partial charge on any atom is 0.338 e. The summed E-state index contributed by atoms with van der Waals surface area (Å²) in [6.07, 6.45) is 4.14. The van der Waals surface area contributed by atoms with Gasteiger partial charge in [-0.2, -0.15) is 5.10 Å². The molecule has 1 aliphatic rings. The van der Waals surface area contributed by atoms with Crippen molar-refractivity contribution in [2.24, 2.45) is 0 Å². The lowest BCUT2D eigenvalue weighted by atomic mass is 10.1. The second-order valence-electron chi connectivity index (χ2n) is 7.15. The average Bonchev–Trinajstić information content (AvgIpc) is 3.20. The Kier molecular flexibility index (Phi) is 6.48. The van der Waals surface area contributed by atoms with Crippen molar-refractivity contribution >= 4 is 23.3 Å². The Morgan fingerprint density at radius 1 is 1.15 bits per heavy atom. The van der Waals surface area contributed by atoms with Crippen LogP contribution < -0.4 is 14.8 Å². The van der Waals surface area contributed by atoms with E-state index in [0.29, 0.717) is 31.9 Å². The summed E-state index contributed by atoms with van der Waals surface area (Å²) in [6, 6.07) is 11.1. The number of ether oxygens (including phenoxy) is 3. The highest BCUT2D eigenvalue weighted by molar-refractivity contribution is 5.97. The first-order valence-corrected chi connectivity index (χ1v) is 10.1. The highest BCUT2D eigenvalue weighted by atomic mass is 16.6. The maximum atomic E-state index is 12.3. The number of rotatable bonds is 7. The van der Waals surface area contributed by atoms with Crippen LogP contribution in [-0.4, -0.2) is 46.4 Å². The van der Waals surface area contributed by atoms with Crippen molar-refractivity contribution in [1.82, 2.24) is 9.78 Å². The third kappa shape index (κ3) is 5.45. The third-order valence-electron chi connectivity index (χ3n) is 4.76. The predicted molar refractivity (Wildman–Crippen MR) is 115 cm³/mol. The molecule has 4 rings (SSSR count). The number of nitrogens with zero attached hydrogens (tertiary/aromatic N) is 3. The molecule has 0 atom stereocenters. The van der Waals surface area contributed by atoms with Gasteiger partial charge in [0.25, 0.3) is 11.6 Å². The van der Waals surface area contributed by atoms with Gasteiger partial charge in [-0.3, -0.25) is 19.6 Å². The molecule has 0 unspecified atom stereocenters. The number of nitro benzene ring substituents is 1. The first kappa shape index (κ1) is 21.8. The van der Waals surface area contributed by atoms with Crippen LogP contribution in [0, 0.1) is 10.1 Å². The summed E-state index contributed by atoms with van der Waals surface area (Å²) >= 11 is 0. The summed E-state index contributed by atoms with van der Waals surface area (Å²) < 4.78 is 17.8. The van der Waals surface area contributed by atoms with Gasteiger partial charge in [-0.1, -0.05) is 12.1 Å². The van der Waals surface area contributed by atoms with E-state index in [-0.39, 0.29) is 22.7 Å². The van der Waals surface area contributed by atoms with E-state index in [1.54, 1.807) is 35.1 Å². The van der Waals surface area contributed by atoms with Crippen LogP contribution in [0.1, 0.15) is 22.3 Å². The second kappa shape index (κ2) is 9.81. The monoisotopic (exact) mass is 452 g/mol. The molecule has 1 amide bonds. The SMILES string of the molecule is O=C(COC(=O)c1ccc(Cn2cccn2)cc1)Nc1cc2c(cc1[N+](=O)[O-])OCCCO2. The molecule has 3 aromatic rings. The number of hydrogen-bond acceptors (Lipinski definition) is 8. The number of aromatic nitrogens is 2. The van der Waals surface area contributed by atoms with Gasteiger partial charge in [-0.05, 0) is 23.8 Å². The van der Waals surface area contributed by atoms with Crippen molar-refractivity contribution in [3.63, 3.8) is 0 Å². The van der Waals surface area contributed by atoms with Crippen molar-refractivity contribution in [2.45, 2.75) is 13.0 Å². The van der Waals surface area contributed by atoms with Crippen LogP contribution in [0.2, 0.25) is 0 Å². The van der Waals surface area contributed by atoms with Crippen LogP contribution in [-0.2, 0) is 16.1 Å². The van der Waals surface area contributed by atoms with Crippen molar-refractivity contribution in [3.05, 3.63) is 76.1 Å². The minimum atomic E-state index is -0.726. The molecule has 11 nitrogen and oxygen atoms in total. The van der Waals surface area contributed by atoms with E-state index in [1.807, 2.05) is 12.3 Å². The maximum absolute atomic E-state index is 12.3. The lowest BCUT2D eigenvalue weighted by Crippen LogP contribution is -2.21. The van der Waals surface area contributed by atoms with Crippen LogP contribution in [0.25, 0.3) is 0 Å². The molecule has 0 fully saturated rings. The fraction of sp³-hybridized carbons (Fsp3) is 0.227. The topological polar surface area (TPSA) is 135 Å². The first-order valence-electron chi connectivity index (χ1n) is 10.1. The van der Waals surface area contributed by atoms with Crippen molar-refractivity contribution < 1.29 is 28.7 Å². The number of carbonyl (C=O) groups excluding carboxylic acids is 2. The van der Waals surface area contributed by atoms with Gasteiger partial charge < -0.3 is 19.5 Å². The number of anilines is 1. The minimum absolute atomic E-state index is 0.0757. The Morgan fingerprint density at radius 3 is 2.55 bits per heavy atom. The smallest absolute Gasteiger partial charge is 0.338 e. The molecule has 33 heavy (non-hydrogen) atoms. The Hall–Kier alpha value is -4.41. The molecule has 0 radical (unpaired) electrons. The van der Waals surface area contributed by atoms with Crippen LogP contribution >= 0.6 is 0 Å². The fourth-order valence-corrected chi connectivity index (χ4v) is 3.18. The zero-order valence-corrected chi connectivity index (χ0v) is 17.4. The molecule has 1 aliphatic heterocycles. The zero-order chi connectivity index (χ0) is 23.2. The number of nitrogens with one attached hydrogen (secondary N) is 1. The lowest BCUT2D eigenvalue weighted by Gasteiger charge is -2.11. The number of nitro groups is 1. The Labute approximate surface area is 188 Å². The summed E-state index contributed by atoms with van der Waals surface area (Å²) in [6.45, 7) is 0.699. The molecule has 0 saturated heterocycles. The second-order valence-corrected chi connectivity index (χ2v) is 7.15. The largest absolute Gasteiger partial charge is 0.489 e. The molecule has 1 aromatic heterocycles.